The van der Waals surface area contributed by atoms with Gasteiger partial charge in [0.15, 0.2) is 5.52 Å². The number of benzene rings is 2. The van der Waals surface area contributed by atoms with E-state index in [0.717, 1.165) is 15.5 Å². The lowest BCUT2D eigenvalue weighted by atomic mass is 10.00. The summed E-state index contributed by atoms with van der Waals surface area (Å²) in [6.45, 7) is -0.286. The number of pyridine rings is 1. The highest BCUT2D eigenvalue weighted by Gasteiger charge is 2.16. The molecule has 3 aromatic heterocycles. The number of halogens is 2. The van der Waals surface area contributed by atoms with Gasteiger partial charge in [0, 0.05) is 17.1 Å². The fraction of sp³-hybridized carbons (Fsp3) is 0.0476. The first kappa shape index (κ1) is 17.2. The number of aromatic amines is 1. The van der Waals surface area contributed by atoms with Crippen molar-refractivity contribution in [2.75, 3.05) is 0 Å². The molecule has 29 heavy (non-hydrogen) atoms. The summed E-state index contributed by atoms with van der Waals surface area (Å²) in [7, 11) is 0. The molecule has 0 aliphatic carbocycles. The van der Waals surface area contributed by atoms with Crippen molar-refractivity contribution < 1.29 is 8.78 Å². The van der Waals surface area contributed by atoms with E-state index in [0.29, 0.717) is 16.6 Å². The van der Waals surface area contributed by atoms with Crippen molar-refractivity contribution >= 4 is 21.9 Å². The second kappa shape index (κ2) is 6.59. The minimum absolute atomic E-state index is 0.152. The van der Waals surface area contributed by atoms with Crippen LogP contribution in [0.1, 0.15) is 5.56 Å². The van der Waals surface area contributed by atoms with Gasteiger partial charge in [-0.1, -0.05) is 12.1 Å². The predicted octanol–water partition coefficient (Wildman–Crippen LogP) is 3.66. The number of nitrogens with zero attached hydrogens (tertiary/aromatic N) is 4. The van der Waals surface area contributed by atoms with Gasteiger partial charge >= 0.3 is 0 Å². The molecule has 0 saturated heterocycles. The van der Waals surface area contributed by atoms with Crippen molar-refractivity contribution in [3.63, 3.8) is 0 Å². The standard InChI is InChI=1S/C21H13F2N5O/c22-16-7-12(13-3-1-4-18-14(13)9-26-27-18)8-17(23)15(16)10-28-11-25-19-5-2-6-24-20(19)21(28)29/h1-9,11H,10H2,(H,26,27). The number of hydrogen-bond acceptors (Lipinski definition) is 4. The van der Waals surface area contributed by atoms with E-state index in [1.165, 1.54) is 24.7 Å². The zero-order valence-corrected chi connectivity index (χ0v) is 14.9. The van der Waals surface area contributed by atoms with E-state index >= 15 is 0 Å². The van der Waals surface area contributed by atoms with Crippen LogP contribution in [-0.4, -0.2) is 24.7 Å². The van der Waals surface area contributed by atoms with Crippen molar-refractivity contribution in [1.29, 1.82) is 0 Å². The minimum atomic E-state index is -0.742. The third-order valence-corrected chi connectivity index (χ3v) is 4.85. The van der Waals surface area contributed by atoms with Gasteiger partial charge in [0.05, 0.1) is 30.1 Å². The monoisotopic (exact) mass is 389 g/mol. The molecule has 0 aliphatic heterocycles. The SMILES string of the molecule is O=c1c2ncccc2ncn1Cc1c(F)cc(-c2cccc3[nH]ncc23)cc1F. The highest BCUT2D eigenvalue weighted by Crippen LogP contribution is 2.30. The van der Waals surface area contributed by atoms with Crippen molar-refractivity contribution in [1.82, 2.24) is 24.7 Å². The van der Waals surface area contributed by atoms with Crippen molar-refractivity contribution in [2.24, 2.45) is 0 Å². The lowest BCUT2D eigenvalue weighted by molar-refractivity contribution is 0.541. The Balaban J connectivity index is 1.58. The lowest BCUT2D eigenvalue weighted by Gasteiger charge is -2.11. The zero-order chi connectivity index (χ0) is 20.0. The molecule has 0 spiro atoms. The smallest absolute Gasteiger partial charge is 0.280 e. The van der Waals surface area contributed by atoms with Crippen molar-refractivity contribution in [3.8, 4) is 11.1 Å². The molecule has 142 valence electrons. The van der Waals surface area contributed by atoms with E-state index in [-0.39, 0.29) is 17.6 Å². The first-order valence-electron chi connectivity index (χ1n) is 8.82. The molecule has 0 radical (unpaired) electrons. The number of H-pyrrole nitrogens is 1. The molecule has 3 heterocycles. The van der Waals surface area contributed by atoms with E-state index in [2.05, 4.69) is 20.2 Å². The summed E-state index contributed by atoms with van der Waals surface area (Å²) in [5.41, 5.74) is 1.73. The Morgan fingerprint density at radius 2 is 1.86 bits per heavy atom. The molecule has 0 fully saturated rings. The van der Waals surface area contributed by atoms with Gasteiger partial charge in [-0.2, -0.15) is 5.10 Å². The topological polar surface area (TPSA) is 76.5 Å². The molecule has 1 N–H and O–H groups in total. The Bertz CT molecular complexity index is 1420. The number of aromatic nitrogens is 5. The van der Waals surface area contributed by atoms with Gasteiger partial charge in [0.25, 0.3) is 5.56 Å². The molecule has 8 heteroatoms. The first-order chi connectivity index (χ1) is 14.1. The van der Waals surface area contributed by atoms with Crippen LogP contribution in [0.3, 0.4) is 0 Å². The van der Waals surface area contributed by atoms with Crippen LogP contribution in [0, 0.1) is 11.6 Å². The Kier molecular flexibility index (Phi) is 3.90. The quantitative estimate of drug-likeness (QED) is 0.511. The maximum Gasteiger partial charge on any atom is 0.280 e. The van der Waals surface area contributed by atoms with Crippen LogP contribution in [0.4, 0.5) is 8.78 Å². The second-order valence-electron chi connectivity index (χ2n) is 6.60. The number of rotatable bonds is 3. The Hall–Kier alpha value is -3.94. The van der Waals surface area contributed by atoms with E-state index < -0.39 is 17.2 Å². The minimum Gasteiger partial charge on any atom is -0.293 e. The van der Waals surface area contributed by atoms with Crippen molar-refractivity contribution in [3.05, 3.63) is 88.7 Å². The molecule has 0 saturated carbocycles. The Morgan fingerprint density at radius 3 is 2.69 bits per heavy atom. The van der Waals surface area contributed by atoms with E-state index in [4.69, 9.17) is 0 Å². The summed E-state index contributed by atoms with van der Waals surface area (Å²) in [6, 6.07) is 11.2. The van der Waals surface area contributed by atoms with Gasteiger partial charge in [-0.15, -0.1) is 0 Å². The van der Waals surface area contributed by atoms with Crippen LogP contribution in [0.15, 0.2) is 66.0 Å². The maximum absolute atomic E-state index is 14.8. The highest BCUT2D eigenvalue weighted by atomic mass is 19.1. The molecule has 0 amide bonds. The number of nitrogens with one attached hydrogen (secondary N) is 1. The molecule has 0 aliphatic rings. The highest BCUT2D eigenvalue weighted by molar-refractivity contribution is 5.94. The summed E-state index contributed by atoms with van der Waals surface area (Å²) >= 11 is 0. The van der Waals surface area contributed by atoms with Gasteiger partial charge in [0.1, 0.15) is 11.6 Å². The van der Waals surface area contributed by atoms with Gasteiger partial charge in [-0.25, -0.2) is 18.7 Å². The second-order valence-corrected chi connectivity index (χ2v) is 6.60. The predicted molar refractivity (Wildman–Crippen MR) is 104 cm³/mol. The van der Waals surface area contributed by atoms with Crippen LogP contribution >= 0.6 is 0 Å². The van der Waals surface area contributed by atoms with Crippen LogP contribution in [-0.2, 0) is 6.54 Å². The first-order valence-corrected chi connectivity index (χ1v) is 8.82. The fourth-order valence-corrected chi connectivity index (χ4v) is 3.40. The number of hydrogen-bond donors (Lipinski definition) is 1. The third kappa shape index (κ3) is 2.85. The molecule has 5 rings (SSSR count). The molecule has 5 aromatic rings. The van der Waals surface area contributed by atoms with Gasteiger partial charge < -0.3 is 0 Å². The van der Waals surface area contributed by atoms with Gasteiger partial charge in [-0.05, 0) is 41.5 Å². The van der Waals surface area contributed by atoms with E-state index in [1.54, 1.807) is 30.5 Å². The maximum atomic E-state index is 14.8. The summed E-state index contributed by atoms with van der Waals surface area (Å²) in [4.78, 5) is 20.7. The lowest BCUT2D eigenvalue weighted by Crippen LogP contribution is -2.23. The average Bonchev–Trinajstić information content (AvgIpc) is 3.21. The summed E-state index contributed by atoms with van der Waals surface area (Å²) < 4.78 is 30.8. The summed E-state index contributed by atoms with van der Waals surface area (Å²) in [5.74, 6) is -1.48. The largest absolute Gasteiger partial charge is 0.293 e. The normalized spacial score (nSPS) is 11.4. The van der Waals surface area contributed by atoms with Gasteiger partial charge in [0.2, 0.25) is 0 Å². The molecule has 0 unspecified atom stereocenters. The molecule has 0 atom stereocenters. The van der Waals surface area contributed by atoms with Crippen LogP contribution < -0.4 is 5.56 Å². The zero-order valence-electron chi connectivity index (χ0n) is 14.9. The Morgan fingerprint density at radius 1 is 1.03 bits per heavy atom. The Labute approximate surface area is 162 Å². The average molecular weight is 389 g/mol. The molecular formula is C21H13F2N5O. The van der Waals surface area contributed by atoms with E-state index in [9.17, 15) is 13.6 Å². The molecule has 0 bridgehead atoms. The van der Waals surface area contributed by atoms with Crippen molar-refractivity contribution in [2.45, 2.75) is 6.54 Å². The number of fused-ring (bicyclic) bond motifs is 2. The summed E-state index contributed by atoms with van der Waals surface area (Å²) in [6.07, 6.45) is 4.36. The van der Waals surface area contributed by atoms with Crippen LogP contribution in [0.5, 0.6) is 0 Å². The van der Waals surface area contributed by atoms with Crippen LogP contribution in [0.25, 0.3) is 33.1 Å². The molecule has 2 aromatic carbocycles. The van der Waals surface area contributed by atoms with Crippen LogP contribution in [0.2, 0.25) is 0 Å². The fourth-order valence-electron chi connectivity index (χ4n) is 3.40. The molecule has 6 nitrogen and oxygen atoms in total. The summed E-state index contributed by atoms with van der Waals surface area (Å²) in [5, 5.41) is 7.58. The molecular weight excluding hydrogens is 376 g/mol. The van der Waals surface area contributed by atoms with Gasteiger partial charge in [-0.3, -0.25) is 14.5 Å². The van der Waals surface area contributed by atoms with E-state index in [1.807, 2.05) is 6.07 Å². The third-order valence-electron chi connectivity index (χ3n) is 4.85.